The quantitative estimate of drug-likeness (QED) is 0.0862. The standard InChI is InChI=1S/2C29H44N2.2C4H10O.2Mn/c2*1-18(2)24-13-11-14-25(19(3)4)28(24)30-22(9)17-23(10)31-29-26(20(5)6)15-12-16-27(29)21(7)8;2*1-4(2,3)5;;/h2*11-16,18-23H,17H2,1-10H3;2*5H,1-3H3;;/q2*-2;;;2*+2. The zero-order chi connectivity index (χ0) is 55.6. The zero-order valence-electron chi connectivity index (χ0n) is 51.7. The van der Waals surface area contributed by atoms with Crippen LogP contribution in [0.2, 0.25) is 0 Å². The van der Waals surface area contributed by atoms with Crippen molar-refractivity contribution in [2.75, 3.05) is 0 Å². The van der Waals surface area contributed by atoms with Gasteiger partial charge in [0.25, 0.3) is 0 Å². The number of nitrogens with zero attached hydrogens (tertiary/aromatic N) is 4. The van der Waals surface area contributed by atoms with E-state index in [0.29, 0.717) is 47.3 Å². The molecular formula is C66H108Mn2N4O2. The Balaban J connectivity index is 0. The third kappa shape index (κ3) is 26.9. The fourth-order valence-electron chi connectivity index (χ4n) is 8.72. The van der Waals surface area contributed by atoms with E-state index in [1.807, 2.05) is 0 Å². The Bertz CT molecular complexity index is 1750. The molecule has 4 rings (SSSR count). The smallest absolute Gasteiger partial charge is 0.681 e. The maximum atomic E-state index is 8.52. The van der Waals surface area contributed by atoms with Crippen LogP contribution in [0.5, 0.6) is 0 Å². The fourth-order valence-corrected chi connectivity index (χ4v) is 8.72. The van der Waals surface area contributed by atoms with Gasteiger partial charge in [-0.3, -0.25) is 0 Å². The summed E-state index contributed by atoms with van der Waals surface area (Å²) in [7, 11) is 0. The van der Waals surface area contributed by atoms with Gasteiger partial charge in [0.05, 0.1) is 11.2 Å². The summed E-state index contributed by atoms with van der Waals surface area (Å²) in [5, 5.41) is 38.0. The largest absolute Gasteiger partial charge is 2.00 e. The van der Waals surface area contributed by atoms with E-state index >= 15 is 0 Å². The molecule has 0 saturated heterocycles. The van der Waals surface area contributed by atoms with E-state index in [0.717, 1.165) is 12.8 Å². The van der Waals surface area contributed by atoms with Crippen molar-refractivity contribution in [3.05, 3.63) is 139 Å². The van der Waals surface area contributed by atoms with Crippen molar-refractivity contribution in [1.82, 2.24) is 0 Å². The van der Waals surface area contributed by atoms with Gasteiger partial charge in [-0.25, -0.2) is 0 Å². The van der Waals surface area contributed by atoms with E-state index in [1.165, 1.54) is 67.3 Å². The maximum absolute atomic E-state index is 8.52. The fraction of sp³-hybridized carbons (Fsp3) is 0.636. The first-order valence-electron chi connectivity index (χ1n) is 27.8. The number of hydrogen-bond donors (Lipinski definition) is 2. The first kappa shape index (κ1) is 73.1. The number of rotatable bonds is 20. The van der Waals surface area contributed by atoms with Gasteiger partial charge < -0.3 is 31.5 Å². The minimum absolute atomic E-state index is 0. The molecule has 0 spiro atoms. The summed E-state index contributed by atoms with van der Waals surface area (Å²) in [4.78, 5) is 0. The van der Waals surface area contributed by atoms with Crippen molar-refractivity contribution in [2.45, 2.75) is 276 Å². The van der Waals surface area contributed by atoms with Crippen LogP contribution in [0.4, 0.5) is 22.7 Å². The van der Waals surface area contributed by atoms with Gasteiger partial charge in [0.2, 0.25) is 0 Å². The molecule has 6 nitrogen and oxygen atoms in total. The topological polar surface area (TPSA) is 96.9 Å². The van der Waals surface area contributed by atoms with Crippen LogP contribution in [-0.2, 0) is 34.1 Å². The molecule has 4 aromatic rings. The van der Waals surface area contributed by atoms with Crippen molar-refractivity contribution in [3.63, 3.8) is 0 Å². The molecule has 0 heterocycles. The number of aliphatic hydroxyl groups is 2. The molecule has 0 aliphatic heterocycles. The third-order valence-electron chi connectivity index (χ3n) is 12.1. The number of para-hydroxylation sites is 4. The monoisotopic (exact) mass is 1100 g/mol. The summed E-state index contributed by atoms with van der Waals surface area (Å²) >= 11 is 0. The van der Waals surface area contributed by atoms with Gasteiger partial charge >= 0.3 is 34.1 Å². The molecule has 8 heteroatoms. The molecule has 0 aliphatic carbocycles. The molecule has 0 amide bonds. The molecule has 4 atom stereocenters. The molecule has 0 fully saturated rings. The summed E-state index contributed by atoms with van der Waals surface area (Å²) < 4.78 is 0. The van der Waals surface area contributed by atoms with Gasteiger partial charge in [0, 0.05) is 0 Å². The van der Waals surface area contributed by atoms with E-state index in [2.05, 4.69) is 211 Å². The molecule has 0 saturated carbocycles. The SMILES string of the molecule is CC(C)(C)O.CC(C)(C)O.CC(CC(C)[N-]c1c(C(C)C)cccc1C(C)C)[N-]c1c(C(C)C)cccc1C(C)C.CC(CC(C)[N-]c1c(C(C)C)cccc1C(C)C)[N-]c1c(C(C)C)cccc1C(C)C.[Mn+2].[Mn+2]. The average molecular weight is 1100 g/mol. The Morgan fingerprint density at radius 3 is 0.486 bits per heavy atom. The van der Waals surface area contributed by atoms with E-state index < -0.39 is 11.2 Å². The van der Waals surface area contributed by atoms with Gasteiger partial charge in [0.1, 0.15) is 0 Å². The van der Waals surface area contributed by atoms with Crippen molar-refractivity contribution in [1.29, 1.82) is 0 Å². The molecule has 4 unspecified atom stereocenters. The predicted molar refractivity (Wildman–Crippen MR) is 322 cm³/mol. The van der Waals surface area contributed by atoms with Gasteiger partial charge in [0.15, 0.2) is 0 Å². The Hall–Kier alpha value is -2.96. The van der Waals surface area contributed by atoms with E-state index in [1.54, 1.807) is 41.5 Å². The Morgan fingerprint density at radius 1 is 0.284 bits per heavy atom. The number of benzene rings is 4. The molecule has 4 aromatic carbocycles. The van der Waals surface area contributed by atoms with Gasteiger partial charge in [-0.05, 0) is 88.9 Å². The third-order valence-corrected chi connectivity index (χ3v) is 12.1. The summed E-state index contributed by atoms with van der Waals surface area (Å²) in [6.07, 6.45) is 1.90. The minimum Gasteiger partial charge on any atom is -0.681 e. The van der Waals surface area contributed by atoms with Crippen LogP contribution in [0.1, 0.15) is 285 Å². The van der Waals surface area contributed by atoms with Crippen LogP contribution in [-0.4, -0.2) is 45.6 Å². The van der Waals surface area contributed by atoms with Crippen molar-refractivity contribution >= 4 is 22.7 Å². The predicted octanol–water partition coefficient (Wildman–Crippen LogP) is 21.7. The van der Waals surface area contributed by atoms with E-state index in [-0.39, 0.29) is 58.3 Å². The summed E-state index contributed by atoms with van der Waals surface area (Å²) in [5.74, 6) is 3.77. The van der Waals surface area contributed by atoms with Gasteiger partial charge in [-0.2, -0.15) is 0 Å². The van der Waals surface area contributed by atoms with Gasteiger partial charge in [-0.15, -0.1) is 46.9 Å². The van der Waals surface area contributed by atoms with Crippen molar-refractivity contribution in [2.24, 2.45) is 0 Å². The normalized spacial score (nSPS) is 13.2. The van der Waals surface area contributed by atoms with Crippen LogP contribution in [0.15, 0.2) is 72.8 Å². The van der Waals surface area contributed by atoms with Crippen LogP contribution in [0, 0.1) is 0 Å². The van der Waals surface area contributed by atoms with Crippen LogP contribution in [0.25, 0.3) is 21.3 Å². The van der Waals surface area contributed by atoms with E-state index in [9.17, 15) is 0 Å². The molecule has 0 aromatic heterocycles. The van der Waals surface area contributed by atoms with Crippen LogP contribution in [0.3, 0.4) is 0 Å². The van der Waals surface area contributed by atoms with E-state index in [4.69, 9.17) is 31.5 Å². The summed E-state index contributed by atoms with van der Waals surface area (Å²) in [6, 6.07) is 27.6. The average Bonchev–Trinajstić information content (AvgIpc) is 3.22. The molecule has 2 radical (unpaired) electrons. The molecule has 0 bridgehead atoms. The summed E-state index contributed by atoms with van der Waals surface area (Å²) in [6.45, 7) is 55.6. The van der Waals surface area contributed by atoms with Crippen molar-refractivity contribution in [3.8, 4) is 0 Å². The minimum atomic E-state index is -0.500. The summed E-state index contributed by atoms with van der Waals surface area (Å²) in [5.41, 5.74) is 14.7. The molecule has 418 valence electrons. The Kier molecular flexibility index (Phi) is 33.6. The second kappa shape index (κ2) is 34.0. The first-order chi connectivity index (χ1) is 33.0. The first-order valence-corrected chi connectivity index (χ1v) is 27.8. The molecule has 0 aliphatic rings. The second-order valence-corrected chi connectivity index (χ2v) is 25.1. The Labute approximate surface area is 478 Å². The van der Waals surface area contributed by atoms with Crippen LogP contribution >= 0.6 is 0 Å². The second-order valence-electron chi connectivity index (χ2n) is 25.1. The molecule has 74 heavy (non-hydrogen) atoms. The maximum Gasteiger partial charge on any atom is 2.00 e. The van der Waals surface area contributed by atoms with Crippen molar-refractivity contribution < 1.29 is 44.4 Å². The number of hydrogen-bond acceptors (Lipinski definition) is 2. The van der Waals surface area contributed by atoms with Crippen LogP contribution < -0.4 is 0 Å². The zero-order valence-corrected chi connectivity index (χ0v) is 54.1. The van der Waals surface area contributed by atoms with Gasteiger partial charge in [-0.1, -0.05) is 269 Å². The Morgan fingerprint density at radius 2 is 0.392 bits per heavy atom. The molecular weight excluding hydrogens is 991 g/mol. The molecule has 2 N–H and O–H groups in total.